The van der Waals surface area contributed by atoms with Crippen LogP contribution in [0.1, 0.15) is 53.9 Å². The van der Waals surface area contributed by atoms with Crippen LogP contribution in [0.3, 0.4) is 0 Å². The number of fused-ring (bicyclic) bond motifs is 1. The number of ether oxygens (including phenoxy) is 2. The van der Waals surface area contributed by atoms with Crippen LogP contribution < -0.4 is 15.2 Å². The second-order valence-corrected chi connectivity index (χ2v) is 9.55. The highest BCUT2D eigenvalue weighted by Crippen LogP contribution is 2.41. The van der Waals surface area contributed by atoms with E-state index in [-0.39, 0.29) is 18.4 Å². The Kier molecular flexibility index (Phi) is 6.62. The van der Waals surface area contributed by atoms with Crippen molar-refractivity contribution < 1.29 is 14.3 Å². The smallest absolute Gasteiger partial charge is 0.217 e. The van der Waals surface area contributed by atoms with E-state index in [1.807, 2.05) is 10.7 Å². The van der Waals surface area contributed by atoms with Crippen LogP contribution in [-0.4, -0.2) is 45.9 Å². The first kappa shape index (κ1) is 23.6. The Morgan fingerprint density at radius 3 is 2.51 bits per heavy atom. The average molecular weight is 494 g/mol. The quantitative estimate of drug-likeness (QED) is 0.457. The summed E-state index contributed by atoms with van der Waals surface area (Å²) in [6, 6.07) is 15.1. The highest BCUT2D eigenvalue weighted by Gasteiger charge is 2.33. The Hall–Kier alpha value is -3.17. The van der Waals surface area contributed by atoms with Crippen molar-refractivity contribution in [1.82, 2.24) is 19.2 Å². The number of amides is 1. The lowest BCUT2D eigenvalue weighted by atomic mass is 9.88. The van der Waals surface area contributed by atoms with Crippen molar-refractivity contribution in [3.8, 4) is 11.5 Å². The fourth-order valence-corrected chi connectivity index (χ4v) is 5.36. The van der Waals surface area contributed by atoms with Gasteiger partial charge in [-0.15, -0.1) is 0 Å². The molecule has 2 aromatic carbocycles. The topological polar surface area (TPSA) is 87.5 Å². The molecule has 0 bridgehead atoms. The molecule has 2 aliphatic rings. The molecular weight excluding hydrogens is 462 g/mol. The van der Waals surface area contributed by atoms with E-state index in [1.165, 1.54) is 16.7 Å². The Morgan fingerprint density at radius 1 is 1.14 bits per heavy atom. The number of carbonyl (C=O) groups is 1. The van der Waals surface area contributed by atoms with Gasteiger partial charge in [0.2, 0.25) is 5.91 Å². The van der Waals surface area contributed by atoms with Gasteiger partial charge in [-0.2, -0.15) is 5.10 Å². The summed E-state index contributed by atoms with van der Waals surface area (Å²) in [4.78, 5) is 13.8. The third-order valence-electron chi connectivity index (χ3n) is 6.85. The maximum atomic E-state index is 11.4. The van der Waals surface area contributed by atoms with E-state index in [2.05, 4.69) is 45.9 Å². The number of methoxy groups -OCH3 is 2. The second-order valence-electron chi connectivity index (χ2n) is 9.19. The van der Waals surface area contributed by atoms with Crippen LogP contribution in [0.5, 0.6) is 11.5 Å². The van der Waals surface area contributed by atoms with Gasteiger partial charge in [-0.05, 0) is 60.3 Å². The van der Waals surface area contributed by atoms with E-state index in [0.717, 1.165) is 43.1 Å². The maximum Gasteiger partial charge on any atom is 0.217 e. The van der Waals surface area contributed by atoms with Crippen molar-refractivity contribution in [2.75, 3.05) is 20.8 Å². The highest BCUT2D eigenvalue weighted by molar-refractivity contribution is 7.71. The first-order valence-corrected chi connectivity index (χ1v) is 12.4. The molecule has 2 N–H and O–H groups in total. The van der Waals surface area contributed by atoms with Crippen molar-refractivity contribution in [3.05, 3.63) is 69.8 Å². The molecule has 1 saturated carbocycles. The predicted octanol–water partition coefficient (Wildman–Crippen LogP) is 3.79. The van der Waals surface area contributed by atoms with Crippen molar-refractivity contribution in [1.29, 1.82) is 0 Å². The van der Waals surface area contributed by atoms with Crippen molar-refractivity contribution in [3.63, 3.8) is 0 Å². The van der Waals surface area contributed by atoms with Gasteiger partial charge in [-0.25, -0.2) is 4.68 Å². The van der Waals surface area contributed by atoms with Crippen LogP contribution in [0.4, 0.5) is 0 Å². The molecule has 2 heterocycles. The molecule has 1 aliphatic carbocycles. The molecule has 0 saturated heterocycles. The van der Waals surface area contributed by atoms with E-state index in [0.29, 0.717) is 23.9 Å². The number of benzene rings is 2. The number of aromatic nitrogens is 3. The number of carbonyl (C=O) groups excluding carboxylic acids is 1. The fraction of sp³-hybridized carbons (Fsp3) is 0.423. The van der Waals surface area contributed by atoms with Crippen LogP contribution in [0.15, 0.2) is 42.5 Å². The van der Waals surface area contributed by atoms with Crippen LogP contribution >= 0.6 is 12.2 Å². The number of aryl methyl sites for hydroxylation is 1. The van der Waals surface area contributed by atoms with Gasteiger partial charge >= 0.3 is 0 Å². The van der Waals surface area contributed by atoms with Crippen LogP contribution in [-0.2, 0) is 24.3 Å². The van der Waals surface area contributed by atoms with Gasteiger partial charge in [-0.1, -0.05) is 30.3 Å². The highest BCUT2D eigenvalue weighted by atomic mass is 32.1. The Labute approximate surface area is 210 Å². The number of hydrogen-bond donors (Lipinski definition) is 1. The summed E-state index contributed by atoms with van der Waals surface area (Å²) in [5.74, 6) is 1.98. The van der Waals surface area contributed by atoms with Crippen molar-refractivity contribution in [2.45, 2.75) is 50.9 Å². The first-order chi connectivity index (χ1) is 17.0. The predicted molar refractivity (Wildman–Crippen MR) is 135 cm³/mol. The molecule has 0 radical (unpaired) electrons. The first-order valence-electron chi connectivity index (χ1n) is 12.0. The van der Waals surface area contributed by atoms with Crippen molar-refractivity contribution in [2.24, 2.45) is 5.73 Å². The minimum atomic E-state index is -0.325. The Morgan fingerprint density at radius 2 is 1.86 bits per heavy atom. The molecule has 0 unspecified atom stereocenters. The lowest BCUT2D eigenvalue weighted by molar-refractivity contribution is -0.118. The molecule has 0 spiro atoms. The molecule has 5 rings (SSSR count). The summed E-state index contributed by atoms with van der Waals surface area (Å²) < 4.78 is 15.9. The van der Waals surface area contributed by atoms with Crippen molar-refractivity contribution >= 4 is 18.1 Å². The fourth-order valence-electron chi connectivity index (χ4n) is 5.01. The number of nitrogens with two attached hydrogens (primary N) is 1. The van der Waals surface area contributed by atoms with Gasteiger partial charge in [-0.3, -0.25) is 9.69 Å². The normalized spacial score (nSPS) is 17.7. The summed E-state index contributed by atoms with van der Waals surface area (Å²) in [6.45, 7) is 1.40. The third kappa shape index (κ3) is 4.70. The molecule has 35 heavy (non-hydrogen) atoms. The standard InChI is InChI=1S/C26H31N5O3S/c1-33-21-14-18-12-13-29(25(17-6-4-3-5-7-17)20(18)15-22(21)34-2)16-30-26(35)31(19-8-9-19)24(28-30)11-10-23(27)32/h3-7,14-15,19,25H,8-13,16H2,1-2H3,(H2,27,32)/t25-/m1/s1. The summed E-state index contributed by atoms with van der Waals surface area (Å²) in [6.07, 6.45) is 3.84. The van der Waals surface area contributed by atoms with Crippen LogP contribution in [0.2, 0.25) is 0 Å². The molecule has 1 aliphatic heterocycles. The van der Waals surface area contributed by atoms with Gasteiger partial charge < -0.3 is 19.8 Å². The number of primary amides is 1. The zero-order chi connectivity index (χ0) is 24.5. The number of nitrogens with zero attached hydrogens (tertiary/aromatic N) is 4. The molecule has 1 atom stereocenters. The van der Waals surface area contributed by atoms with Crippen LogP contribution in [0.25, 0.3) is 0 Å². The molecule has 184 valence electrons. The molecular formula is C26H31N5O3S. The largest absolute Gasteiger partial charge is 0.493 e. The Bertz CT molecular complexity index is 1280. The van der Waals surface area contributed by atoms with Gasteiger partial charge in [0.15, 0.2) is 16.3 Å². The van der Waals surface area contributed by atoms with E-state index >= 15 is 0 Å². The molecule has 9 heteroatoms. The SMILES string of the molecule is COc1cc2c(cc1OC)[C@@H](c1ccccc1)N(Cn1nc(CCC(N)=O)n(C3CC3)c1=S)CC2. The molecule has 1 fully saturated rings. The lowest BCUT2D eigenvalue weighted by Crippen LogP contribution is -2.38. The monoisotopic (exact) mass is 493 g/mol. The van der Waals surface area contributed by atoms with E-state index in [9.17, 15) is 4.79 Å². The second kappa shape index (κ2) is 9.83. The van der Waals surface area contributed by atoms with Gasteiger partial charge in [0.05, 0.1) is 26.9 Å². The minimum absolute atomic E-state index is 0.0156. The lowest BCUT2D eigenvalue weighted by Gasteiger charge is -2.37. The number of rotatable bonds is 9. The van der Waals surface area contributed by atoms with Gasteiger partial charge in [0.25, 0.3) is 0 Å². The molecule has 1 aromatic heterocycles. The minimum Gasteiger partial charge on any atom is -0.493 e. The maximum absolute atomic E-state index is 11.4. The van der Waals surface area contributed by atoms with E-state index < -0.39 is 0 Å². The average Bonchev–Trinajstić information content (AvgIpc) is 3.66. The molecule has 3 aromatic rings. The summed E-state index contributed by atoms with van der Waals surface area (Å²) >= 11 is 5.87. The zero-order valence-corrected chi connectivity index (χ0v) is 21.0. The zero-order valence-electron chi connectivity index (χ0n) is 20.1. The van der Waals surface area contributed by atoms with Gasteiger partial charge in [0.1, 0.15) is 5.82 Å². The number of hydrogen-bond acceptors (Lipinski definition) is 6. The van der Waals surface area contributed by atoms with E-state index in [1.54, 1.807) is 14.2 Å². The molecule has 8 nitrogen and oxygen atoms in total. The van der Waals surface area contributed by atoms with Gasteiger partial charge in [0, 0.05) is 25.4 Å². The summed E-state index contributed by atoms with van der Waals surface area (Å²) in [5.41, 5.74) is 9.06. The molecule has 1 amide bonds. The van der Waals surface area contributed by atoms with E-state index in [4.69, 9.17) is 32.5 Å². The van der Waals surface area contributed by atoms with Crippen LogP contribution in [0, 0.1) is 4.77 Å². The Balaban J connectivity index is 1.53. The summed E-state index contributed by atoms with van der Waals surface area (Å²) in [7, 11) is 3.33. The third-order valence-corrected chi connectivity index (χ3v) is 7.26. The summed E-state index contributed by atoms with van der Waals surface area (Å²) in [5, 5.41) is 4.86.